The van der Waals surface area contributed by atoms with Crippen LogP contribution in [0.5, 0.6) is 5.75 Å². The van der Waals surface area contributed by atoms with Crippen molar-refractivity contribution in [2.24, 2.45) is 12.1 Å². The van der Waals surface area contributed by atoms with Crippen LogP contribution in [0.15, 0.2) is 90.0 Å². The molecule has 172 valence electrons. The highest BCUT2D eigenvalue weighted by atomic mass is 16.5. The molecule has 0 saturated heterocycles. The Bertz CT molecular complexity index is 1330. The molecule has 1 N–H and O–H groups in total. The summed E-state index contributed by atoms with van der Waals surface area (Å²) < 4.78 is 12.2. The van der Waals surface area contributed by atoms with Gasteiger partial charge in [0.2, 0.25) is 16.9 Å². The zero-order valence-corrected chi connectivity index (χ0v) is 19.6. The van der Waals surface area contributed by atoms with Crippen molar-refractivity contribution in [1.29, 1.82) is 0 Å². The van der Waals surface area contributed by atoms with Crippen molar-refractivity contribution >= 4 is 39.6 Å². The maximum absolute atomic E-state index is 12.7. The SMILES string of the molecule is COC(=O)C(=NN(C)c1ccc(Nc2ccc(OC)cc2)cc1)c1ccc2ccccc2[n+]1C. The fourth-order valence-corrected chi connectivity index (χ4v) is 3.68. The van der Waals surface area contributed by atoms with E-state index in [1.807, 2.05) is 96.5 Å². The third kappa shape index (κ3) is 4.83. The van der Waals surface area contributed by atoms with E-state index in [1.54, 1.807) is 19.2 Å². The Morgan fingerprint density at radius 3 is 2.18 bits per heavy atom. The summed E-state index contributed by atoms with van der Waals surface area (Å²) in [6.07, 6.45) is 0. The second-order valence-electron chi connectivity index (χ2n) is 7.70. The van der Waals surface area contributed by atoms with Crippen LogP contribution in [-0.4, -0.2) is 32.9 Å². The number of para-hydroxylation sites is 1. The number of carbonyl (C=O) groups excluding carboxylic acids is 1. The molecule has 7 heteroatoms. The Morgan fingerprint density at radius 2 is 1.53 bits per heavy atom. The van der Waals surface area contributed by atoms with Crippen molar-refractivity contribution in [3.63, 3.8) is 0 Å². The summed E-state index contributed by atoms with van der Waals surface area (Å²) in [5, 5.41) is 10.7. The second kappa shape index (κ2) is 10.0. The number of rotatable bonds is 7. The number of aryl methyl sites for hydroxylation is 1. The van der Waals surface area contributed by atoms with Gasteiger partial charge in [0.1, 0.15) is 12.8 Å². The fraction of sp³-hybridized carbons (Fsp3) is 0.148. The summed E-state index contributed by atoms with van der Waals surface area (Å²) >= 11 is 0. The molecule has 0 aliphatic carbocycles. The third-order valence-electron chi connectivity index (χ3n) is 5.57. The molecule has 1 aromatic heterocycles. The molecule has 0 bridgehead atoms. The first-order valence-electron chi connectivity index (χ1n) is 10.8. The van der Waals surface area contributed by atoms with Crippen molar-refractivity contribution in [2.75, 3.05) is 31.6 Å². The Balaban J connectivity index is 1.60. The molecule has 1 heterocycles. The number of nitrogens with one attached hydrogen (secondary N) is 1. The van der Waals surface area contributed by atoms with E-state index < -0.39 is 5.97 Å². The first-order chi connectivity index (χ1) is 16.5. The number of fused-ring (bicyclic) bond motifs is 1. The molecule has 0 unspecified atom stereocenters. The molecule has 0 saturated carbocycles. The summed E-state index contributed by atoms with van der Waals surface area (Å²) in [5.74, 6) is 0.303. The quantitative estimate of drug-likeness (QED) is 0.193. The van der Waals surface area contributed by atoms with Crippen LogP contribution in [0.2, 0.25) is 0 Å². The van der Waals surface area contributed by atoms with Crippen LogP contribution in [-0.2, 0) is 16.6 Å². The molecule has 0 aliphatic rings. The number of nitrogens with zero attached hydrogens (tertiary/aromatic N) is 3. The lowest BCUT2D eigenvalue weighted by Gasteiger charge is -2.16. The van der Waals surface area contributed by atoms with Gasteiger partial charge < -0.3 is 14.8 Å². The number of hydrogen-bond donors (Lipinski definition) is 1. The maximum Gasteiger partial charge on any atom is 0.365 e. The predicted octanol–water partition coefficient (Wildman–Crippen LogP) is 4.43. The van der Waals surface area contributed by atoms with Gasteiger partial charge in [-0.15, -0.1) is 0 Å². The van der Waals surface area contributed by atoms with Crippen LogP contribution >= 0.6 is 0 Å². The summed E-state index contributed by atoms with van der Waals surface area (Å²) in [4.78, 5) is 12.7. The molecule has 0 amide bonds. The van der Waals surface area contributed by atoms with Crippen LogP contribution in [0.3, 0.4) is 0 Å². The van der Waals surface area contributed by atoms with Crippen molar-refractivity contribution < 1.29 is 18.8 Å². The van der Waals surface area contributed by atoms with Crippen LogP contribution in [0.1, 0.15) is 5.69 Å². The highest BCUT2D eigenvalue weighted by molar-refractivity contribution is 6.42. The summed E-state index contributed by atoms with van der Waals surface area (Å²) in [5.41, 5.74) is 4.59. The number of benzene rings is 3. The van der Waals surface area contributed by atoms with Gasteiger partial charge in [-0.1, -0.05) is 12.1 Å². The lowest BCUT2D eigenvalue weighted by Crippen LogP contribution is -2.40. The zero-order chi connectivity index (χ0) is 24.1. The van der Waals surface area contributed by atoms with E-state index >= 15 is 0 Å². The summed E-state index contributed by atoms with van der Waals surface area (Å²) in [7, 11) is 6.72. The number of ether oxygens (including phenoxy) is 2. The van der Waals surface area contributed by atoms with Gasteiger partial charge in [-0.3, -0.25) is 5.01 Å². The lowest BCUT2D eigenvalue weighted by atomic mass is 10.1. The number of anilines is 3. The summed E-state index contributed by atoms with van der Waals surface area (Å²) in [6, 6.07) is 27.3. The van der Waals surface area contributed by atoms with Crippen molar-refractivity contribution in [3.8, 4) is 5.75 Å². The maximum atomic E-state index is 12.7. The minimum atomic E-state index is -0.504. The van der Waals surface area contributed by atoms with Gasteiger partial charge in [-0.05, 0) is 60.7 Å². The molecule has 0 fully saturated rings. The van der Waals surface area contributed by atoms with E-state index in [2.05, 4.69) is 10.4 Å². The van der Waals surface area contributed by atoms with E-state index in [9.17, 15) is 4.79 Å². The smallest absolute Gasteiger partial charge is 0.365 e. The molecule has 0 spiro atoms. The van der Waals surface area contributed by atoms with Gasteiger partial charge >= 0.3 is 5.97 Å². The van der Waals surface area contributed by atoms with E-state index in [4.69, 9.17) is 9.47 Å². The van der Waals surface area contributed by atoms with Crippen molar-refractivity contribution in [3.05, 3.63) is 90.6 Å². The Labute approximate surface area is 198 Å². The number of carbonyl (C=O) groups is 1. The fourth-order valence-electron chi connectivity index (χ4n) is 3.68. The Kier molecular flexibility index (Phi) is 6.73. The molecule has 4 rings (SSSR count). The zero-order valence-electron chi connectivity index (χ0n) is 19.6. The average Bonchev–Trinajstić information content (AvgIpc) is 2.88. The molecule has 34 heavy (non-hydrogen) atoms. The summed E-state index contributed by atoms with van der Waals surface area (Å²) in [6.45, 7) is 0. The number of esters is 1. The molecule has 7 nitrogen and oxygen atoms in total. The van der Waals surface area contributed by atoms with Gasteiger partial charge in [0.15, 0.2) is 0 Å². The minimum Gasteiger partial charge on any atom is -0.497 e. The number of aromatic nitrogens is 1. The van der Waals surface area contributed by atoms with E-state index in [0.29, 0.717) is 5.69 Å². The van der Waals surface area contributed by atoms with Crippen molar-refractivity contribution in [2.45, 2.75) is 0 Å². The Hall–Kier alpha value is -4.39. The third-order valence-corrected chi connectivity index (χ3v) is 5.57. The largest absolute Gasteiger partial charge is 0.497 e. The number of methoxy groups -OCH3 is 2. The van der Waals surface area contributed by atoms with Gasteiger partial charge in [-0.25, -0.2) is 4.79 Å². The van der Waals surface area contributed by atoms with Gasteiger partial charge in [0.05, 0.1) is 19.9 Å². The molecular formula is C27H27N4O3+. The normalized spacial score (nSPS) is 11.2. The van der Waals surface area contributed by atoms with Crippen LogP contribution < -0.4 is 19.6 Å². The monoisotopic (exact) mass is 455 g/mol. The van der Waals surface area contributed by atoms with Crippen LogP contribution in [0.25, 0.3) is 10.9 Å². The van der Waals surface area contributed by atoms with Crippen molar-refractivity contribution in [1.82, 2.24) is 0 Å². The number of pyridine rings is 1. The Morgan fingerprint density at radius 1 is 0.882 bits per heavy atom. The molecular weight excluding hydrogens is 428 g/mol. The van der Waals surface area contributed by atoms with Gasteiger partial charge in [0, 0.05) is 35.9 Å². The van der Waals surface area contributed by atoms with Crippen LogP contribution in [0, 0.1) is 0 Å². The standard InChI is InChI=1S/C27H27N4O3/c1-30-24-8-6-5-7-19(24)9-18-25(30)26(27(32)34-4)29-31(2)22-14-10-20(11-15-22)28-21-12-16-23(33-3)17-13-21/h5-18,28H,1-4H3/q+1. The highest BCUT2D eigenvalue weighted by Crippen LogP contribution is 2.23. The first-order valence-corrected chi connectivity index (χ1v) is 10.8. The molecule has 0 aliphatic heterocycles. The molecule has 3 aromatic carbocycles. The van der Waals surface area contributed by atoms with E-state index in [1.165, 1.54) is 7.11 Å². The molecule has 0 radical (unpaired) electrons. The first kappa shape index (κ1) is 22.8. The highest BCUT2D eigenvalue weighted by Gasteiger charge is 2.26. The molecule has 4 aromatic rings. The minimum absolute atomic E-state index is 0.221. The van der Waals surface area contributed by atoms with Gasteiger partial charge in [0.25, 0.3) is 0 Å². The number of hydrazone groups is 1. The van der Waals surface area contributed by atoms with E-state index in [-0.39, 0.29) is 5.71 Å². The topological polar surface area (TPSA) is 67.0 Å². The molecule has 0 atom stereocenters. The average molecular weight is 456 g/mol. The van der Waals surface area contributed by atoms with E-state index in [0.717, 1.165) is 33.7 Å². The second-order valence-corrected chi connectivity index (χ2v) is 7.70. The predicted molar refractivity (Wildman–Crippen MR) is 135 cm³/mol. The van der Waals surface area contributed by atoms with Gasteiger partial charge in [-0.2, -0.15) is 9.67 Å². The lowest BCUT2D eigenvalue weighted by molar-refractivity contribution is -0.646. The number of hydrogen-bond acceptors (Lipinski definition) is 6. The van der Waals surface area contributed by atoms with Crippen LogP contribution in [0.4, 0.5) is 17.1 Å².